The van der Waals surface area contributed by atoms with Crippen molar-refractivity contribution in [2.75, 3.05) is 19.5 Å². The molecule has 1 aliphatic heterocycles. The predicted octanol–water partition coefficient (Wildman–Crippen LogP) is 0.972. The van der Waals surface area contributed by atoms with Gasteiger partial charge in [0.1, 0.15) is 11.7 Å². The molecule has 2 N–H and O–H groups in total. The fourth-order valence-electron chi connectivity index (χ4n) is 1.90. The lowest BCUT2D eigenvalue weighted by atomic mass is 10.0. The van der Waals surface area contributed by atoms with Gasteiger partial charge in [0.2, 0.25) is 0 Å². The number of amides is 1. The van der Waals surface area contributed by atoms with Crippen LogP contribution < -0.4 is 5.32 Å². The predicted molar refractivity (Wildman–Crippen MR) is 69.1 cm³/mol. The summed E-state index contributed by atoms with van der Waals surface area (Å²) in [6.07, 6.45) is 1.94. The van der Waals surface area contributed by atoms with Crippen molar-refractivity contribution in [3.05, 3.63) is 23.7 Å². The summed E-state index contributed by atoms with van der Waals surface area (Å²) in [5, 5.41) is 11.6. The Balaban J connectivity index is 1.98. The van der Waals surface area contributed by atoms with Crippen molar-refractivity contribution in [2.24, 2.45) is 5.92 Å². The van der Waals surface area contributed by atoms with Crippen LogP contribution in [0.4, 0.5) is 0 Å². The molecule has 104 valence electrons. The van der Waals surface area contributed by atoms with E-state index in [1.807, 2.05) is 6.26 Å². The van der Waals surface area contributed by atoms with Crippen molar-refractivity contribution >= 4 is 23.6 Å². The number of nitrogens with one attached hydrogen (secondary N) is 1. The molecule has 6 nitrogen and oxygen atoms in total. The first-order chi connectivity index (χ1) is 9.11. The van der Waals surface area contributed by atoms with E-state index in [4.69, 9.17) is 14.3 Å². The maximum Gasteiger partial charge on any atom is 0.311 e. The molecule has 2 atom stereocenters. The van der Waals surface area contributed by atoms with Crippen molar-refractivity contribution in [1.29, 1.82) is 0 Å². The van der Waals surface area contributed by atoms with Gasteiger partial charge >= 0.3 is 5.97 Å². The third kappa shape index (κ3) is 3.30. The monoisotopic (exact) mass is 285 g/mol. The molecule has 0 saturated carbocycles. The van der Waals surface area contributed by atoms with Gasteiger partial charge in [-0.15, -0.1) is 0 Å². The molecule has 1 aromatic rings. The Morgan fingerprint density at radius 3 is 2.95 bits per heavy atom. The van der Waals surface area contributed by atoms with Crippen LogP contribution in [0.25, 0.3) is 0 Å². The number of thioether (sulfide) groups is 1. The first-order valence-electron chi connectivity index (χ1n) is 5.81. The molecule has 1 aromatic heterocycles. The Bertz CT molecular complexity index is 472. The molecule has 0 aromatic carbocycles. The number of carbonyl (C=O) groups excluding carboxylic acids is 1. The maximum atomic E-state index is 11.9. The Kier molecular flexibility index (Phi) is 4.49. The van der Waals surface area contributed by atoms with Gasteiger partial charge in [0.15, 0.2) is 5.76 Å². The van der Waals surface area contributed by atoms with Crippen molar-refractivity contribution in [3.63, 3.8) is 0 Å². The number of ether oxygens (including phenoxy) is 1. The summed E-state index contributed by atoms with van der Waals surface area (Å²) in [6.45, 7) is 0.331. The van der Waals surface area contributed by atoms with E-state index >= 15 is 0 Å². The number of carbonyl (C=O) groups is 2. The Morgan fingerprint density at radius 2 is 2.26 bits per heavy atom. The molecule has 0 spiro atoms. The summed E-state index contributed by atoms with van der Waals surface area (Å²) in [6, 6.07) is 2.82. The van der Waals surface area contributed by atoms with E-state index in [0.717, 1.165) is 5.76 Å². The molecule has 0 radical (unpaired) electrons. The summed E-state index contributed by atoms with van der Waals surface area (Å²) >= 11 is 1.59. The van der Waals surface area contributed by atoms with Gasteiger partial charge in [0.25, 0.3) is 5.91 Å². The summed E-state index contributed by atoms with van der Waals surface area (Å²) in [4.78, 5) is 22.9. The highest BCUT2D eigenvalue weighted by molar-refractivity contribution is 7.97. The molecule has 2 unspecified atom stereocenters. The molecule has 2 heterocycles. The van der Waals surface area contributed by atoms with Crippen molar-refractivity contribution in [3.8, 4) is 0 Å². The molecular weight excluding hydrogens is 270 g/mol. The van der Waals surface area contributed by atoms with Crippen LogP contribution in [0.15, 0.2) is 16.5 Å². The first kappa shape index (κ1) is 14.0. The fraction of sp³-hybridized carbons (Fsp3) is 0.500. The van der Waals surface area contributed by atoms with Gasteiger partial charge in [-0.05, 0) is 18.4 Å². The van der Waals surface area contributed by atoms with Gasteiger partial charge in [0, 0.05) is 0 Å². The summed E-state index contributed by atoms with van der Waals surface area (Å²) in [5.74, 6) is -0.475. The zero-order valence-electron chi connectivity index (χ0n) is 10.4. The smallest absolute Gasteiger partial charge is 0.311 e. The van der Waals surface area contributed by atoms with Gasteiger partial charge in [0.05, 0.1) is 25.0 Å². The summed E-state index contributed by atoms with van der Waals surface area (Å²) in [5.41, 5.74) is 0. The molecule has 1 saturated heterocycles. The minimum Gasteiger partial charge on any atom is -0.481 e. The summed E-state index contributed by atoms with van der Waals surface area (Å²) in [7, 11) is 0. The average molecular weight is 285 g/mol. The highest BCUT2D eigenvalue weighted by Gasteiger charge is 2.35. The molecule has 0 bridgehead atoms. The van der Waals surface area contributed by atoms with Gasteiger partial charge in [-0.3, -0.25) is 9.59 Å². The van der Waals surface area contributed by atoms with Crippen LogP contribution in [0.2, 0.25) is 0 Å². The lowest BCUT2D eigenvalue weighted by Crippen LogP contribution is -2.42. The Labute approximate surface area is 114 Å². The van der Waals surface area contributed by atoms with Crippen LogP contribution >= 0.6 is 11.8 Å². The third-order valence-corrected chi connectivity index (χ3v) is 3.46. The second-order valence-electron chi connectivity index (χ2n) is 4.26. The van der Waals surface area contributed by atoms with Gasteiger partial charge < -0.3 is 19.6 Å². The van der Waals surface area contributed by atoms with E-state index in [1.54, 1.807) is 23.9 Å². The minimum absolute atomic E-state index is 0.121. The highest BCUT2D eigenvalue weighted by atomic mass is 32.2. The van der Waals surface area contributed by atoms with Gasteiger partial charge in [-0.1, -0.05) is 0 Å². The van der Waals surface area contributed by atoms with Crippen molar-refractivity contribution in [2.45, 2.75) is 11.8 Å². The topological polar surface area (TPSA) is 88.8 Å². The minimum atomic E-state index is -0.967. The normalized spacial score (nSPS) is 22.4. The van der Waals surface area contributed by atoms with Gasteiger partial charge in [-0.25, -0.2) is 0 Å². The SMILES string of the molecule is CSCc1ccc(C(=O)NC2COCC2C(=O)O)o1. The van der Waals surface area contributed by atoms with Crippen LogP contribution in [-0.2, 0) is 15.3 Å². The number of carboxylic acid groups (broad SMARTS) is 1. The largest absolute Gasteiger partial charge is 0.481 e. The molecule has 1 aliphatic rings. The maximum absolute atomic E-state index is 11.9. The number of hydrogen-bond donors (Lipinski definition) is 2. The second-order valence-corrected chi connectivity index (χ2v) is 5.13. The van der Waals surface area contributed by atoms with E-state index in [9.17, 15) is 9.59 Å². The number of furan rings is 1. The molecule has 2 rings (SSSR count). The molecular formula is C12H15NO5S. The molecule has 0 aliphatic carbocycles. The number of rotatable bonds is 5. The molecule has 1 fully saturated rings. The fourth-order valence-corrected chi connectivity index (χ4v) is 2.34. The lowest BCUT2D eigenvalue weighted by molar-refractivity contribution is -0.142. The zero-order chi connectivity index (χ0) is 13.8. The van der Waals surface area contributed by atoms with E-state index in [0.29, 0.717) is 5.75 Å². The van der Waals surface area contributed by atoms with Crippen molar-refractivity contribution in [1.82, 2.24) is 5.32 Å². The number of hydrogen-bond acceptors (Lipinski definition) is 5. The van der Waals surface area contributed by atoms with Crippen LogP contribution in [0.1, 0.15) is 16.3 Å². The third-order valence-electron chi connectivity index (χ3n) is 2.89. The van der Waals surface area contributed by atoms with E-state index in [-0.39, 0.29) is 19.0 Å². The van der Waals surface area contributed by atoms with Gasteiger partial charge in [-0.2, -0.15) is 11.8 Å². The molecule has 1 amide bonds. The van der Waals surface area contributed by atoms with Crippen LogP contribution in [0.3, 0.4) is 0 Å². The summed E-state index contributed by atoms with van der Waals surface area (Å²) < 4.78 is 10.5. The van der Waals surface area contributed by atoms with E-state index < -0.39 is 23.8 Å². The quantitative estimate of drug-likeness (QED) is 0.838. The van der Waals surface area contributed by atoms with E-state index in [2.05, 4.69) is 5.32 Å². The highest BCUT2D eigenvalue weighted by Crippen LogP contribution is 2.16. The lowest BCUT2D eigenvalue weighted by Gasteiger charge is -2.14. The van der Waals surface area contributed by atoms with Crippen LogP contribution in [-0.4, -0.2) is 42.5 Å². The zero-order valence-corrected chi connectivity index (χ0v) is 11.2. The van der Waals surface area contributed by atoms with Crippen LogP contribution in [0.5, 0.6) is 0 Å². The molecule has 7 heteroatoms. The van der Waals surface area contributed by atoms with E-state index in [1.165, 1.54) is 0 Å². The number of aliphatic carboxylic acids is 1. The second kappa shape index (κ2) is 6.12. The first-order valence-corrected chi connectivity index (χ1v) is 7.20. The van der Waals surface area contributed by atoms with Crippen LogP contribution in [0, 0.1) is 5.92 Å². The standard InChI is InChI=1S/C12H15NO5S/c1-19-6-7-2-3-10(18-7)11(14)13-9-5-17-4-8(9)12(15)16/h2-3,8-9H,4-6H2,1H3,(H,13,14)(H,15,16). The Morgan fingerprint density at radius 1 is 1.47 bits per heavy atom. The number of carboxylic acids is 1. The average Bonchev–Trinajstić information content (AvgIpc) is 2.98. The molecule has 19 heavy (non-hydrogen) atoms. The van der Waals surface area contributed by atoms with Crippen molar-refractivity contribution < 1.29 is 23.8 Å². The Hall–Kier alpha value is -1.47.